The maximum Gasteiger partial charge on any atom is 0.175 e. The molecular weight excluding hydrogens is 210 g/mol. The minimum absolute atomic E-state index is 0.413. The first-order chi connectivity index (χ1) is 6.86. The lowest BCUT2D eigenvalue weighted by atomic mass is 10.0. The van der Waals surface area contributed by atoms with Crippen LogP contribution in [0.3, 0.4) is 0 Å². The molecule has 0 radical (unpaired) electrons. The Bertz CT molecular complexity index is 464. The van der Waals surface area contributed by atoms with E-state index in [1.807, 2.05) is 19.9 Å². The third kappa shape index (κ3) is 2.79. The van der Waals surface area contributed by atoms with Gasteiger partial charge in [-0.2, -0.15) is 0 Å². The van der Waals surface area contributed by atoms with Crippen molar-refractivity contribution in [3.63, 3.8) is 0 Å². The van der Waals surface area contributed by atoms with Gasteiger partial charge in [-0.05, 0) is 49.6 Å². The molecule has 0 bridgehead atoms. The van der Waals surface area contributed by atoms with Crippen molar-refractivity contribution >= 4 is 9.84 Å². The molecule has 0 aliphatic heterocycles. The van der Waals surface area contributed by atoms with E-state index in [4.69, 9.17) is 5.73 Å². The summed E-state index contributed by atoms with van der Waals surface area (Å²) in [5.74, 6) is 0. The molecule has 0 unspecified atom stereocenters. The summed E-state index contributed by atoms with van der Waals surface area (Å²) in [5.41, 5.74) is 8.39. The molecule has 2 N–H and O–H groups in total. The summed E-state index contributed by atoms with van der Waals surface area (Å²) >= 11 is 0. The monoisotopic (exact) mass is 227 g/mol. The Morgan fingerprint density at radius 3 is 2.20 bits per heavy atom. The van der Waals surface area contributed by atoms with Crippen LogP contribution in [0.1, 0.15) is 16.7 Å². The van der Waals surface area contributed by atoms with Gasteiger partial charge in [0.1, 0.15) is 0 Å². The summed E-state index contributed by atoms with van der Waals surface area (Å²) in [6.07, 6.45) is 1.83. The second-order valence-corrected chi connectivity index (χ2v) is 5.84. The second-order valence-electron chi connectivity index (χ2n) is 3.86. The van der Waals surface area contributed by atoms with E-state index in [-0.39, 0.29) is 0 Å². The van der Waals surface area contributed by atoms with Crippen molar-refractivity contribution in [2.24, 2.45) is 5.73 Å². The average Bonchev–Trinajstić information content (AvgIpc) is 2.09. The van der Waals surface area contributed by atoms with E-state index in [0.717, 1.165) is 16.7 Å². The van der Waals surface area contributed by atoms with Crippen LogP contribution < -0.4 is 5.73 Å². The van der Waals surface area contributed by atoms with Gasteiger partial charge in [0.25, 0.3) is 0 Å². The third-order valence-corrected chi connectivity index (χ3v) is 3.67. The van der Waals surface area contributed by atoms with Crippen molar-refractivity contribution in [2.45, 2.75) is 25.2 Å². The van der Waals surface area contributed by atoms with Gasteiger partial charge in [-0.25, -0.2) is 8.42 Å². The summed E-state index contributed by atoms with van der Waals surface area (Å²) in [7, 11) is -3.15. The van der Waals surface area contributed by atoms with Crippen molar-refractivity contribution in [1.82, 2.24) is 0 Å². The normalized spacial score (nSPS) is 11.7. The van der Waals surface area contributed by atoms with Crippen molar-refractivity contribution < 1.29 is 8.42 Å². The first-order valence-electron chi connectivity index (χ1n) is 4.86. The predicted molar refractivity (Wildman–Crippen MR) is 61.8 cm³/mol. The van der Waals surface area contributed by atoms with Gasteiger partial charge in [0, 0.05) is 6.26 Å². The van der Waals surface area contributed by atoms with E-state index in [0.29, 0.717) is 17.9 Å². The van der Waals surface area contributed by atoms with Crippen LogP contribution in [0.25, 0.3) is 0 Å². The zero-order chi connectivity index (χ0) is 11.6. The summed E-state index contributed by atoms with van der Waals surface area (Å²) < 4.78 is 23.1. The highest BCUT2D eigenvalue weighted by atomic mass is 32.2. The molecule has 1 rings (SSSR count). The summed E-state index contributed by atoms with van der Waals surface area (Å²) in [6.45, 7) is 4.35. The van der Waals surface area contributed by atoms with E-state index >= 15 is 0 Å². The largest absolute Gasteiger partial charge is 0.330 e. The van der Waals surface area contributed by atoms with Crippen LogP contribution in [0, 0.1) is 13.8 Å². The molecule has 0 aromatic heterocycles. The van der Waals surface area contributed by atoms with Gasteiger partial charge in [-0.3, -0.25) is 0 Å². The van der Waals surface area contributed by atoms with Gasteiger partial charge in [0.15, 0.2) is 9.84 Å². The van der Waals surface area contributed by atoms with E-state index in [1.54, 1.807) is 6.07 Å². The van der Waals surface area contributed by atoms with E-state index in [1.165, 1.54) is 6.26 Å². The molecule has 0 saturated carbocycles. The van der Waals surface area contributed by atoms with Crippen molar-refractivity contribution in [1.29, 1.82) is 0 Å². The Balaban J connectivity index is 3.42. The molecule has 0 atom stereocenters. The van der Waals surface area contributed by atoms with E-state index in [9.17, 15) is 8.42 Å². The molecule has 0 amide bonds. The molecule has 0 aliphatic rings. The van der Waals surface area contributed by atoms with Crippen LogP contribution in [-0.2, 0) is 16.3 Å². The molecule has 0 spiro atoms. The average molecular weight is 227 g/mol. The summed E-state index contributed by atoms with van der Waals surface area (Å²) in [5, 5.41) is 0. The van der Waals surface area contributed by atoms with Gasteiger partial charge < -0.3 is 5.73 Å². The fourth-order valence-corrected chi connectivity index (χ4v) is 2.57. The van der Waals surface area contributed by atoms with Crippen LogP contribution in [0.2, 0.25) is 0 Å². The van der Waals surface area contributed by atoms with Crippen LogP contribution in [-0.4, -0.2) is 21.2 Å². The summed E-state index contributed by atoms with van der Waals surface area (Å²) in [4.78, 5) is 0.413. The standard InChI is InChI=1S/C11H17NO2S/c1-8-6-10(4-5-12)11(7-9(8)2)15(3,13)14/h6-7H,4-5,12H2,1-3H3. The Morgan fingerprint density at radius 1 is 1.20 bits per heavy atom. The van der Waals surface area contributed by atoms with Crippen molar-refractivity contribution in [3.05, 3.63) is 28.8 Å². The highest BCUT2D eigenvalue weighted by Gasteiger charge is 2.13. The molecular formula is C11H17NO2S. The molecule has 1 aromatic rings. The minimum atomic E-state index is -3.15. The Morgan fingerprint density at radius 2 is 1.73 bits per heavy atom. The van der Waals surface area contributed by atoms with Crippen LogP contribution in [0.5, 0.6) is 0 Å². The number of benzene rings is 1. The van der Waals surface area contributed by atoms with Gasteiger partial charge in [0.05, 0.1) is 4.90 Å². The Kier molecular flexibility index (Phi) is 3.52. The fraction of sp³-hybridized carbons (Fsp3) is 0.455. The van der Waals surface area contributed by atoms with E-state index < -0.39 is 9.84 Å². The molecule has 3 nitrogen and oxygen atoms in total. The SMILES string of the molecule is Cc1cc(CCN)c(S(C)(=O)=O)cc1C. The minimum Gasteiger partial charge on any atom is -0.330 e. The number of hydrogen-bond acceptors (Lipinski definition) is 3. The van der Waals surface area contributed by atoms with Crippen LogP contribution >= 0.6 is 0 Å². The van der Waals surface area contributed by atoms with Crippen LogP contribution in [0.4, 0.5) is 0 Å². The number of nitrogens with two attached hydrogens (primary N) is 1. The number of rotatable bonds is 3. The number of sulfone groups is 1. The van der Waals surface area contributed by atoms with Crippen molar-refractivity contribution in [2.75, 3.05) is 12.8 Å². The van der Waals surface area contributed by atoms with E-state index in [2.05, 4.69) is 0 Å². The molecule has 0 aliphatic carbocycles. The first kappa shape index (κ1) is 12.2. The third-order valence-electron chi connectivity index (χ3n) is 2.49. The maximum absolute atomic E-state index is 11.6. The first-order valence-corrected chi connectivity index (χ1v) is 6.75. The lowest BCUT2D eigenvalue weighted by Gasteiger charge is -2.10. The molecule has 84 valence electrons. The van der Waals surface area contributed by atoms with Gasteiger partial charge >= 0.3 is 0 Å². The molecule has 0 heterocycles. The predicted octanol–water partition coefficient (Wildman–Crippen LogP) is 1.21. The quantitative estimate of drug-likeness (QED) is 0.844. The Labute approximate surface area is 91.2 Å². The van der Waals surface area contributed by atoms with Gasteiger partial charge in [0.2, 0.25) is 0 Å². The topological polar surface area (TPSA) is 60.2 Å². The Hall–Kier alpha value is -0.870. The number of hydrogen-bond donors (Lipinski definition) is 1. The molecule has 4 heteroatoms. The highest BCUT2D eigenvalue weighted by Crippen LogP contribution is 2.20. The molecule has 1 aromatic carbocycles. The fourth-order valence-electron chi connectivity index (χ4n) is 1.55. The molecule has 0 fully saturated rings. The summed E-state index contributed by atoms with van der Waals surface area (Å²) in [6, 6.07) is 3.65. The number of aryl methyl sites for hydroxylation is 2. The van der Waals surface area contributed by atoms with Crippen LogP contribution in [0.15, 0.2) is 17.0 Å². The zero-order valence-electron chi connectivity index (χ0n) is 9.37. The van der Waals surface area contributed by atoms with Crippen molar-refractivity contribution in [3.8, 4) is 0 Å². The van der Waals surface area contributed by atoms with Gasteiger partial charge in [-0.1, -0.05) is 6.07 Å². The van der Waals surface area contributed by atoms with Gasteiger partial charge in [-0.15, -0.1) is 0 Å². The lowest BCUT2D eigenvalue weighted by Crippen LogP contribution is -2.09. The highest BCUT2D eigenvalue weighted by molar-refractivity contribution is 7.90. The lowest BCUT2D eigenvalue weighted by molar-refractivity contribution is 0.600. The zero-order valence-corrected chi connectivity index (χ0v) is 10.2. The smallest absolute Gasteiger partial charge is 0.175 e. The molecule has 0 saturated heterocycles. The maximum atomic E-state index is 11.6. The molecule has 15 heavy (non-hydrogen) atoms. The second kappa shape index (κ2) is 4.33.